The van der Waals surface area contributed by atoms with E-state index < -0.39 is 0 Å². The van der Waals surface area contributed by atoms with Gasteiger partial charge in [0.2, 0.25) is 0 Å². The number of aromatic nitrogens is 1. The lowest BCUT2D eigenvalue weighted by molar-refractivity contribution is 0.578. The number of oxazole rings is 1. The highest BCUT2D eigenvalue weighted by Crippen LogP contribution is 2.26. The van der Waals surface area contributed by atoms with Crippen LogP contribution in [0, 0.1) is 13.8 Å². The number of nitrogen functional groups attached to an aromatic ring is 1. The SMILES string of the molecule is Cc1ccc(-c2coc(Nc3ccc(N)cc3)n2)c(C)c1. The number of rotatable bonds is 3. The van der Waals surface area contributed by atoms with E-state index in [4.69, 9.17) is 10.2 Å². The molecule has 0 radical (unpaired) electrons. The molecule has 0 spiro atoms. The lowest BCUT2D eigenvalue weighted by Gasteiger charge is -2.03. The summed E-state index contributed by atoms with van der Waals surface area (Å²) >= 11 is 0. The van der Waals surface area contributed by atoms with Crippen molar-refractivity contribution in [2.45, 2.75) is 13.8 Å². The number of nitrogens with two attached hydrogens (primary N) is 1. The van der Waals surface area contributed by atoms with E-state index in [0.29, 0.717) is 6.01 Å². The first-order chi connectivity index (χ1) is 10.1. The Kier molecular flexibility index (Phi) is 3.36. The summed E-state index contributed by atoms with van der Waals surface area (Å²) in [7, 11) is 0. The summed E-state index contributed by atoms with van der Waals surface area (Å²) in [5.41, 5.74) is 11.6. The monoisotopic (exact) mass is 279 g/mol. The maximum Gasteiger partial charge on any atom is 0.299 e. The van der Waals surface area contributed by atoms with Crippen LogP contribution in [0.5, 0.6) is 0 Å². The fraction of sp³-hybridized carbons (Fsp3) is 0.118. The molecule has 0 aliphatic carbocycles. The number of anilines is 3. The van der Waals surface area contributed by atoms with E-state index in [-0.39, 0.29) is 0 Å². The quantitative estimate of drug-likeness (QED) is 0.702. The van der Waals surface area contributed by atoms with E-state index in [2.05, 4.69) is 42.3 Å². The molecule has 0 saturated heterocycles. The van der Waals surface area contributed by atoms with Gasteiger partial charge in [-0.1, -0.05) is 23.8 Å². The summed E-state index contributed by atoms with van der Waals surface area (Å²) in [5.74, 6) is 0. The van der Waals surface area contributed by atoms with Crippen molar-refractivity contribution in [1.29, 1.82) is 0 Å². The second-order valence-corrected chi connectivity index (χ2v) is 5.10. The molecule has 4 nitrogen and oxygen atoms in total. The van der Waals surface area contributed by atoms with Gasteiger partial charge < -0.3 is 15.5 Å². The molecule has 3 aromatic rings. The van der Waals surface area contributed by atoms with Gasteiger partial charge in [-0.3, -0.25) is 0 Å². The lowest BCUT2D eigenvalue weighted by Crippen LogP contribution is -1.92. The van der Waals surface area contributed by atoms with Crippen LogP contribution in [-0.2, 0) is 0 Å². The fourth-order valence-electron chi connectivity index (χ4n) is 2.25. The zero-order chi connectivity index (χ0) is 14.8. The van der Waals surface area contributed by atoms with Crippen molar-refractivity contribution >= 4 is 17.4 Å². The first kappa shape index (κ1) is 13.2. The van der Waals surface area contributed by atoms with Gasteiger partial charge in [-0.25, -0.2) is 0 Å². The summed E-state index contributed by atoms with van der Waals surface area (Å²) in [5, 5.41) is 3.12. The van der Waals surface area contributed by atoms with E-state index in [9.17, 15) is 0 Å². The van der Waals surface area contributed by atoms with Gasteiger partial charge in [0.25, 0.3) is 6.01 Å². The van der Waals surface area contributed by atoms with Crippen molar-refractivity contribution in [3.05, 3.63) is 59.9 Å². The van der Waals surface area contributed by atoms with Crippen molar-refractivity contribution in [3.63, 3.8) is 0 Å². The third kappa shape index (κ3) is 2.89. The third-order valence-electron chi connectivity index (χ3n) is 3.32. The van der Waals surface area contributed by atoms with Gasteiger partial charge in [-0.2, -0.15) is 4.98 Å². The Labute approximate surface area is 123 Å². The van der Waals surface area contributed by atoms with Gasteiger partial charge in [0, 0.05) is 16.9 Å². The highest BCUT2D eigenvalue weighted by atomic mass is 16.4. The van der Waals surface area contributed by atoms with Crippen LogP contribution in [0.3, 0.4) is 0 Å². The van der Waals surface area contributed by atoms with Crippen molar-refractivity contribution in [2.75, 3.05) is 11.1 Å². The summed E-state index contributed by atoms with van der Waals surface area (Å²) in [6, 6.07) is 14.2. The molecule has 0 unspecified atom stereocenters. The summed E-state index contributed by atoms with van der Waals surface area (Å²) in [6.07, 6.45) is 1.66. The summed E-state index contributed by atoms with van der Waals surface area (Å²) in [4.78, 5) is 4.48. The van der Waals surface area contributed by atoms with Crippen molar-refractivity contribution in [1.82, 2.24) is 4.98 Å². The Morgan fingerprint density at radius 2 is 1.81 bits per heavy atom. The average Bonchev–Trinajstić information content (AvgIpc) is 2.90. The number of hydrogen-bond donors (Lipinski definition) is 2. The van der Waals surface area contributed by atoms with E-state index >= 15 is 0 Å². The first-order valence-electron chi connectivity index (χ1n) is 6.77. The Morgan fingerprint density at radius 1 is 1.05 bits per heavy atom. The molecular formula is C17H17N3O. The highest BCUT2D eigenvalue weighted by Gasteiger charge is 2.09. The minimum Gasteiger partial charge on any atom is -0.431 e. The number of aryl methyl sites for hydroxylation is 2. The topological polar surface area (TPSA) is 64.1 Å². The minimum atomic E-state index is 0.467. The van der Waals surface area contributed by atoms with Gasteiger partial charge >= 0.3 is 0 Å². The first-order valence-corrected chi connectivity index (χ1v) is 6.77. The third-order valence-corrected chi connectivity index (χ3v) is 3.32. The van der Waals surface area contributed by atoms with Gasteiger partial charge in [-0.15, -0.1) is 0 Å². The molecule has 3 rings (SSSR count). The molecule has 0 amide bonds. The van der Waals surface area contributed by atoms with Crippen LogP contribution in [0.25, 0.3) is 11.3 Å². The van der Waals surface area contributed by atoms with Gasteiger partial charge in [0.1, 0.15) is 12.0 Å². The summed E-state index contributed by atoms with van der Waals surface area (Å²) in [6.45, 7) is 4.15. The van der Waals surface area contributed by atoms with Crippen LogP contribution >= 0.6 is 0 Å². The molecule has 1 heterocycles. The van der Waals surface area contributed by atoms with E-state index in [0.717, 1.165) is 22.6 Å². The molecule has 0 fully saturated rings. The number of benzene rings is 2. The molecule has 0 atom stereocenters. The fourth-order valence-corrected chi connectivity index (χ4v) is 2.25. The molecule has 1 aromatic heterocycles. The molecule has 3 N–H and O–H groups in total. The number of nitrogens with zero attached hydrogens (tertiary/aromatic N) is 1. The van der Waals surface area contributed by atoms with Crippen LogP contribution in [0.4, 0.5) is 17.4 Å². The molecule has 0 bridgehead atoms. The van der Waals surface area contributed by atoms with Gasteiger partial charge in [0.15, 0.2) is 0 Å². The molecular weight excluding hydrogens is 262 g/mol. The smallest absolute Gasteiger partial charge is 0.299 e. The average molecular weight is 279 g/mol. The van der Waals surface area contributed by atoms with Crippen molar-refractivity contribution < 1.29 is 4.42 Å². The maximum absolute atomic E-state index is 5.66. The molecule has 0 saturated carbocycles. The maximum atomic E-state index is 5.66. The normalized spacial score (nSPS) is 10.6. The Hall–Kier alpha value is -2.75. The molecule has 0 aliphatic heterocycles. The number of nitrogens with one attached hydrogen (secondary N) is 1. The van der Waals surface area contributed by atoms with E-state index in [1.54, 1.807) is 6.26 Å². The van der Waals surface area contributed by atoms with Crippen LogP contribution in [0.2, 0.25) is 0 Å². The van der Waals surface area contributed by atoms with Crippen molar-refractivity contribution in [3.8, 4) is 11.3 Å². The van der Waals surface area contributed by atoms with E-state index in [1.807, 2.05) is 24.3 Å². The molecule has 4 heteroatoms. The predicted molar refractivity (Wildman–Crippen MR) is 85.6 cm³/mol. The second kappa shape index (κ2) is 5.32. The predicted octanol–water partition coefficient (Wildman–Crippen LogP) is 4.28. The molecule has 21 heavy (non-hydrogen) atoms. The van der Waals surface area contributed by atoms with Crippen LogP contribution < -0.4 is 11.1 Å². The zero-order valence-corrected chi connectivity index (χ0v) is 12.1. The highest BCUT2D eigenvalue weighted by molar-refractivity contribution is 5.65. The largest absolute Gasteiger partial charge is 0.431 e. The lowest BCUT2D eigenvalue weighted by atomic mass is 10.0. The van der Waals surface area contributed by atoms with Gasteiger partial charge in [-0.05, 0) is 43.7 Å². The van der Waals surface area contributed by atoms with E-state index in [1.165, 1.54) is 11.1 Å². The summed E-state index contributed by atoms with van der Waals surface area (Å²) < 4.78 is 5.48. The molecule has 106 valence electrons. The minimum absolute atomic E-state index is 0.467. The standard InChI is InChI=1S/C17H17N3O/c1-11-3-8-15(12(2)9-11)16-10-21-17(20-16)19-14-6-4-13(18)5-7-14/h3-10H,18H2,1-2H3,(H,19,20). The second-order valence-electron chi connectivity index (χ2n) is 5.10. The van der Waals surface area contributed by atoms with Crippen LogP contribution in [0.1, 0.15) is 11.1 Å². The Balaban J connectivity index is 1.84. The van der Waals surface area contributed by atoms with Gasteiger partial charge in [0.05, 0.1) is 0 Å². The Morgan fingerprint density at radius 3 is 2.52 bits per heavy atom. The van der Waals surface area contributed by atoms with Crippen LogP contribution in [-0.4, -0.2) is 4.98 Å². The van der Waals surface area contributed by atoms with Crippen molar-refractivity contribution in [2.24, 2.45) is 0 Å². The Bertz CT molecular complexity index is 760. The van der Waals surface area contributed by atoms with Crippen LogP contribution in [0.15, 0.2) is 53.1 Å². The zero-order valence-electron chi connectivity index (χ0n) is 12.1. The number of hydrogen-bond acceptors (Lipinski definition) is 4. The molecule has 2 aromatic carbocycles. The molecule has 0 aliphatic rings.